The molecular weight excluding hydrogens is 276 g/mol. The van der Waals surface area contributed by atoms with Gasteiger partial charge in [-0.25, -0.2) is 0 Å². The van der Waals surface area contributed by atoms with Gasteiger partial charge >= 0.3 is 5.97 Å². The van der Waals surface area contributed by atoms with Crippen molar-refractivity contribution >= 4 is 5.97 Å². The van der Waals surface area contributed by atoms with Crippen LogP contribution >= 0.6 is 0 Å². The molecule has 1 saturated heterocycles. The topological polar surface area (TPSA) is 35.5 Å². The predicted molar refractivity (Wildman–Crippen MR) is 80.8 cm³/mol. The summed E-state index contributed by atoms with van der Waals surface area (Å²) in [7, 11) is 0. The fourth-order valence-electron chi connectivity index (χ4n) is 4.15. The lowest BCUT2D eigenvalue weighted by atomic mass is 9.83. The first kappa shape index (κ1) is 12.3. The van der Waals surface area contributed by atoms with Crippen LogP contribution in [0.3, 0.4) is 0 Å². The van der Waals surface area contributed by atoms with Crippen molar-refractivity contribution in [3.05, 3.63) is 59.7 Å². The molecule has 3 heteroatoms. The van der Waals surface area contributed by atoms with Crippen LogP contribution in [0.5, 0.6) is 11.5 Å². The zero-order chi connectivity index (χ0) is 14.7. The Bertz CT molecular complexity index is 721. The van der Waals surface area contributed by atoms with Gasteiger partial charge in [0, 0.05) is 23.0 Å². The van der Waals surface area contributed by atoms with E-state index >= 15 is 0 Å². The largest absolute Gasteiger partial charge is 0.465 e. The minimum Gasteiger partial charge on any atom is -0.465 e. The van der Waals surface area contributed by atoms with Crippen molar-refractivity contribution in [3.63, 3.8) is 0 Å². The number of fused-ring (bicyclic) bond motifs is 3. The molecule has 0 amide bonds. The highest BCUT2D eigenvalue weighted by Crippen LogP contribution is 2.58. The van der Waals surface area contributed by atoms with Gasteiger partial charge in [-0.1, -0.05) is 36.4 Å². The molecule has 2 heterocycles. The highest BCUT2D eigenvalue weighted by Gasteiger charge is 2.60. The molecule has 2 fully saturated rings. The molecule has 1 saturated carbocycles. The van der Waals surface area contributed by atoms with Gasteiger partial charge in [-0.2, -0.15) is 0 Å². The van der Waals surface area contributed by atoms with Crippen molar-refractivity contribution in [3.8, 4) is 11.5 Å². The first-order chi connectivity index (χ1) is 10.8. The van der Waals surface area contributed by atoms with Crippen molar-refractivity contribution < 1.29 is 14.3 Å². The molecule has 0 spiro atoms. The molecule has 3 aliphatic rings. The van der Waals surface area contributed by atoms with Gasteiger partial charge < -0.3 is 9.47 Å². The second kappa shape index (κ2) is 4.35. The van der Waals surface area contributed by atoms with Crippen molar-refractivity contribution in [2.75, 3.05) is 6.61 Å². The summed E-state index contributed by atoms with van der Waals surface area (Å²) in [5.74, 6) is 3.25. The zero-order valence-electron chi connectivity index (χ0n) is 12.1. The Morgan fingerprint density at radius 3 is 2.18 bits per heavy atom. The lowest BCUT2D eigenvalue weighted by molar-refractivity contribution is -0.141. The fourth-order valence-corrected chi connectivity index (χ4v) is 4.15. The van der Waals surface area contributed by atoms with Gasteiger partial charge in [-0.3, -0.25) is 4.79 Å². The molecule has 3 nitrogen and oxygen atoms in total. The maximum Gasteiger partial charge on any atom is 0.309 e. The van der Waals surface area contributed by atoms with Crippen LogP contribution in [0.4, 0.5) is 0 Å². The minimum atomic E-state index is 0.00336. The van der Waals surface area contributed by atoms with E-state index in [1.807, 2.05) is 24.3 Å². The number of esters is 1. The van der Waals surface area contributed by atoms with Gasteiger partial charge in [-0.15, -0.1) is 0 Å². The first-order valence-electron chi connectivity index (χ1n) is 7.85. The van der Waals surface area contributed by atoms with Crippen LogP contribution in [0, 0.1) is 17.8 Å². The Morgan fingerprint density at radius 1 is 0.955 bits per heavy atom. The third-order valence-corrected chi connectivity index (χ3v) is 5.34. The summed E-state index contributed by atoms with van der Waals surface area (Å²) < 4.78 is 11.1. The van der Waals surface area contributed by atoms with Gasteiger partial charge in [0.15, 0.2) is 0 Å². The molecule has 3 atom stereocenters. The summed E-state index contributed by atoms with van der Waals surface area (Å²) in [6.07, 6.45) is 1.00. The summed E-state index contributed by atoms with van der Waals surface area (Å²) in [6, 6.07) is 16.5. The molecule has 0 bridgehead atoms. The Kier molecular flexibility index (Phi) is 2.43. The third kappa shape index (κ3) is 1.65. The summed E-state index contributed by atoms with van der Waals surface area (Å²) in [5, 5.41) is 0. The van der Waals surface area contributed by atoms with E-state index in [0.717, 1.165) is 17.9 Å². The monoisotopic (exact) mass is 292 g/mol. The molecule has 22 heavy (non-hydrogen) atoms. The van der Waals surface area contributed by atoms with Crippen LogP contribution in [0.1, 0.15) is 23.5 Å². The maximum absolute atomic E-state index is 11.7. The molecule has 2 aromatic carbocycles. The fraction of sp³-hybridized carbons (Fsp3) is 0.316. The molecule has 0 N–H and O–H groups in total. The second-order valence-corrected chi connectivity index (χ2v) is 6.45. The van der Waals surface area contributed by atoms with E-state index in [-0.39, 0.29) is 11.9 Å². The van der Waals surface area contributed by atoms with Gasteiger partial charge in [0.2, 0.25) is 0 Å². The lowest BCUT2D eigenvalue weighted by Crippen LogP contribution is -2.13. The van der Waals surface area contributed by atoms with Crippen LogP contribution in [-0.2, 0) is 9.53 Å². The van der Waals surface area contributed by atoms with Gasteiger partial charge in [0.05, 0.1) is 12.5 Å². The van der Waals surface area contributed by atoms with Crippen molar-refractivity contribution in [1.29, 1.82) is 0 Å². The van der Waals surface area contributed by atoms with Crippen LogP contribution in [-0.4, -0.2) is 12.6 Å². The molecule has 110 valence electrons. The quantitative estimate of drug-likeness (QED) is 0.791. The number of benzene rings is 2. The van der Waals surface area contributed by atoms with Crippen molar-refractivity contribution in [1.82, 2.24) is 0 Å². The Hall–Kier alpha value is -2.29. The number of carbonyl (C=O) groups is 1. The highest BCUT2D eigenvalue weighted by molar-refractivity contribution is 5.79. The molecule has 0 radical (unpaired) electrons. The summed E-state index contributed by atoms with van der Waals surface area (Å²) in [4.78, 5) is 11.7. The van der Waals surface area contributed by atoms with E-state index in [1.165, 1.54) is 11.1 Å². The van der Waals surface area contributed by atoms with E-state index in [1.54, 1.807) is 0 Å². The normalized spacial score (nSPS) is 28.2. The molecule has 5 rings (SSSR count). The summed E-state index contributed by atoms with van der Waals surface area (Å²) in [6.45, 7) is 0.612. The number of carbonyl (C=O) groups excluding carboxylic acids is 1. The van der Waals surface area contributed by atoms with E-state index in [0.29, 0.717) is 24.4 Å². The van der Waals surface area contributed by atoms with Crippen LogP contribution < -0.4 is 4.74 Å². The Morgan fingerprint density at radius 2 is 1.59 bits per heavy atom. The lowest BCUT2D eigenvalue weighted by Gasteiger charge is -2.28. The van der Waals surface area contributed by atoms with Crippen LogP contribution in [0.2, 0.25) is 0 Å². The Labute approximate surface area is 128 Å². The van der Waals surface area contributed by atoms with E-state index in [9.17, 15) is 4.79 Å². The van der Waals surface area contributed by atoms with Crippen LogP contribution in [0.25, 0.3) is 0 Å². The van der Waals surface area contributed by atoms with Gasteiger partial charge in [0.25, 0.3) is 0 Å². The number of hydrogen-bond donors (Lipinski definition) is 0. The number of ether oxygens (including phenoxy) is 2. The van der Waals surface area contributed by atoms with Crippen LogP contribution in [0.15, 0.2) is 48.5 Å². The highest BCUT2D eigenvalue weighted by atomic mass is 16.5. The SMILES string of the molecule is O=C1OC[C@H]2[C@@H](CC3c4ccccc4Oc4ccccc43)[C@@H]12. The van der Waals surface area contributed by atoms with Gasteiger partial charge in [-0.05, 0) is 24.5 Å². The van der Waals surface area contributed by atoms with Gasteiger partial charge in [0.1, 0.15) is 11.5 Å². The number of para-hydroxylation sites is 2. The third-order valence-electron chi connectivity index (χ3n) is 5.34. The zero-order valence-corrected chi connectivity index (χ0v) is 12.1. The average Bonchev–Trinajstić information content (AvgIpc) is 3.11. The Balaban J connectivity index is 1.53. The van der Waals surface area contributed by atoms with Crippen molar-refractivity contribution in [2.24, 2.45) is 17.8 Å². The molecule has 0 aromatic heterocycles. The molecule has 2 aromatic rings. The average molecular weight is 292 g/mol. The molecular formula is C19H16O3. The smallest absolute Gasteiger partial charge is 0.309 e. The van der Waals surface area contributed by atoms with Crippen molar-refractivity contribution in [2.45, 2.75) is 12.3 Å². The number of rotatable bonds is 2. The van der Waals surface area contributed by atoms with E-state index in [2.05, 4.69) is 24.3 Å². The summed E-state index contributed by atoms with van der Waals surface area (Å²) in [5.41, 5.74) is 2.47. The first-order valence-corrected chi connectivity index (χ1v) is 7.85. The minimum absolute atomic E-state index is 0.00336. The van der Waals surface area contributed by atoms with E-state index < -0.39 is 0 Å². The molecule has 0 unspecified atom stereocenters. The summed E-state index contributed by atoms with van der Waals surface area (Å²) >= 11 is 0. The standard InChI is InChI=1S/C19H16O3/c20-19-18-14(15(18)10-21-19)9-13-11-5-1-3-7-16(11)22-17-8-4-2-6-12(13)17/h1-8,13-15,18H,9-10H2/t14-,15+,18-/m1/s1. The van der Waals surface area contributed by atoms with E-state index in [4.69, 9.17) is 9.47 Å². The maximum atomic E-state index is 11.7. The molecule has 2 aliphatic heterocycles. The second-order valence-electron chi connectivity index (χ2n) is 6.45. The number of hydrogen-bond acceptors (Lipinski definition) is 3. The predicted octanol–water partition coefficient (Wildman–Crippen LogP) is 3.73. The molecule has 1 aliphatic carbocycles. The number of cyclic esters (lactones) is 1.